The van der Waals surface area contributed by atoms with Crippen molar-refractivity contribution in [1.29, 1.82) is 0 Å². The summed E-state index contributed by atoms with van der Waals surface area (Å²) < 4.78 is 13.9. The van der Waals surface area contributed by atoms with Crippen LogP contribution < -0.4 is 5.73 Å². The van der Waals surface area contributed by atoms with Gasteiger partial charge in [-0.1, -0.05) is 34.1 Å². The minimum atomic E-state index is -0.215. The standard InChI is InChI=1S/C14H13BrFN/c15-14-6-3-11(9-12(14)7-8-17)10-1-4-13(16)5-2-10/h1-6,9H,7-8,17H2. The molecule has 88 valence electrons. The first-order valence-electron chi connectivity index (χ1n) is 5.45. The number of nitrogens with two attached hydrogens (primary N) is 1. The number of halogens is 2. The summed E-state index contributed by atoms with van der Waals surface area (Å²) in [6.07, 6.45) is 0.829. The fourth-order valence-electron chi connectivity index (χ4n) is 1.74. The van der Waals surface area contributed by atoms with Gasteiger partial charge in [0.05, 0.1) is 0 Å². The van der Waals surface area contributed by atoms with E-state index in [0.717, 1.165) is 22.0 Å². The monoisotopic (exact) mass is 293 g/mol. The highest BCUT2D eigenvalue weighted by Crippen LogP contribution is 2.25. The molecule has 0 bridgehead atoms. The second-order valence-corrected chi connectivity index (χ2v) is 4.71. The zero-order chi connectivity index (χ0) is 12.3. The Balaban J connectivity index is 2.39. The predicted octanol–water partition coefficient (Wildman–Crippen LogP) is 3.76. The van der Waals surface area contributed by atoms with Crippen molar-refractivity contribution in [2.45, 2.75) is 6.42 Å². The van der Waals surface area contributed by atoms with Gasteiger partial charge >= 0.3 is 0 Å². The first-order valence-corrected chi connectivity index (χ1v) is 6.24. The Bertz CT molecular complexity index is 508. The van der Waals surface area contributed by atoms with Crippen LogP contribution in [0.25, 0.3) is 11.1 Å². The van der Waals surface area contributed by atoms with E-state index in [-0.39, 0.29) is 5.82 Å². The highest BCUT2D eigenvalue weighted by atomic mass is 79.9. The van der Waals surface area contributed by atoms with Gasteiger partial charge in [0.15, 0.2) is 0 Å². The Labute approximate surface area is 109 Å². The van der Waals surface area contributed by atoms with Crippen LogP contribution in [-0.4, -0.2) is 6.54 Å². The van der Waals surface area contributed by atoms with Gasteiger partial charge in [-0.15, -0.1) is 0 Å². The number of benzene rings is 2. The molecule has 0 fully saturated rings. The minimum Gasteiger partial charge on any atom is -0.330 e. The Hall–Kier alpha value is -1.19. The zero-order valence-corrected chi connectivity index (χ0v) is 10.9. The molecule has 0 aromatic heterocycles. The molecular weight excluding hydrogens is 281 g/mol. The maximum Gasteiger partial charge on any atom is 0.123 e. The molecule has 0 spiro atoms. The highest BCUT2D eigenvalue weighted by molar-refractivity contribution is 9.10. The molecule has 0 heterocycles. The number of hydrogen-bond acceptors (Lipinski definition) is 1. The van der Waals surface area contributed by atoms with Crippen LogP contribution in [0.1, 0.15) is 5.56 Å². The van der Waals surface area contributed by atoms with Gasteiger partial charge in [-0.3, -0.25) is 0 Å². The molecule has 0 unspecified atom stereocenters. The van der Waals surface area contributed by atoms with E-state index < -0.39 is 0 Å². The number of hydrogen-bond donors (Lipinski definition) is 1. The zero-order valence-electron chi connectivity index (χ0n) is 9.29. The summed E-state index contributed by atoms with van der Waals surface area (Å²) in [5, 5.41) is 0. The van der Waals surface area contributed by atoms with Crippen LogP contribution in [-0.2, 0) is 6.42 Å². The van der Waals surface area contributed by atoms with E-state index in [1.54, 1.807) is 12.1 Å². The lowest BCUT2D eigenvalue weighted by Crippen LogP contribution is -2.03. The van der Waals surface area contributed by atoms with Gasteiger partial charge in [-0.2, -0.15) is 0 Å². The molecule has 3 heteroatoms. The molecule has 0 aliphatic heterocycles. The van der Waals surface area contributed by atoms with Gasteiger partial charge in [-0.05, 0) is 53.9 Å². The lowest BCUT2D eigenvalue weighted by molar-refractivity contribution is 0.628. The normalized spacial score (nSPS) is 10.5. The first-order chi connectivity index (χ1) is 8.20. The third kappa shape index (κ3) is 2.93. The van der Waals surface area contributed by atoms with E-state index in [4.69, 9.17) is 5.73 Å². The molecule has 2 rings (SSSR count). The molecule has 1 nitrogen and oxygen atoms in total. The SMILES string of the molecule is NCCc1cc(-c2ccc(F)cc2)ccc1Br. The minimum absolute atomic E-state index is 0.215. The summed E-state index contributed by atoms with van der Waals surface area (Å²) >= 11 is 3.50. The van der Waals surface area contributed by atoms with Crippen molar-refractivity contribution in [3.63, 3.8) is 0 Å². The Morgan fingerprint density at radius 2 is 1.65 bits per heavy atom. The van der Waals surface area contributed by atoms with Crippen LogP contribution in [0.3, 0.4) is 0 Å². The summed E-state index contributed by atoms with van der Waals surface area (Å²) in [5.41, 5.74) is 8.83. The fourth-order valence-corrected chi connectivity index (χ4v) is 2.19. The summed E-state index contributed by atoms with van der Waals surface area (Å²) in [7, 11) is 0. The third-order valence-electron chi connectivity index (χ3n) is 2.64. The maximum atomic E-state index is 12.8. The molecule has 2 N–H and O–H groups in total. The quantitative estimate of drug-likeness (QED) is 0.916. The predicted molar refractivity (Wildman–Crippen MR) is 72.3 cm³/mol. The Morgan fingerprint density at radius 1 is 1.00 bits per heavy atom. The van der Waals surface area contributed by atoms with Crippen molar-refractivity contribution in [1.82, 2.24) is 0 Å². The second kappa shape index (κ2) is 5.43. The van der Waals surface area contributed by atoms with Crippen LogP contribution in [0.2, 0.25) is 0 Å². The summed E-state index contributed by atoms with van der Waals surface area (Å²) in [6, 6.07) is 12.6. The van der Waals surface area contributed by atoms with Crippen LogP contribution in [0.15, 0.2) is 46.9 Å². The van der Waals surface area contributed by atoms with Gasteiger partial charge in [0.25, 0.3) is 0 Å². The van der Waals surface area contributed by atoms with Gasteiger partial charge in [-0.25, -0.2) is 4.39 Å². The molecule has 17 heavy (non-hydrogen) atoms. The highest BCUT2D eigenvalue weighted by Gasteiger charge is 2.03. The van der Waals surface area contributed by atoms with Crippen molar-refractivity contribution in [3.05, 3.63) is 58.3 Å². The maximum absolute atomic E-state index is 12.8. The summed E-state index contributed by atoms with van der Waals surface area (Å²) in [5.74, 6) is -0.215. The van der Waals surface area contributed by atoms with Crippen LogP contribution in [0, 0.1) is 5.82 Å². The molecule has 0 atom stereocenters. The molecule has 0 aliphatic rings. The van der Waals surface area contributed by atoms with Gasteiger partial charge in [0, 0.05) is 4.47 Å². The van der Waals surface area contributed by atoms with E-state index in [9.17, 15) is 4.39 Å². The van der Waals surface area contributed by atoms with Crippen LogP contribution >= 0.6 is 15.9 Å². The smallest absolute Gasteiger partial charge is 0.123 e. The second-order valence-electron chi connectivity index (χ2n) is 3.85. The van der Waals surface area contributed by atoms with E-state index in [0.29, 0.717) is 6.54 Å². The molecule has 0 amide bonds. The number of rotatable bonds is 3. The third-order valence-corrected chi connectivity index (χ3v) is 3.41. The van der Waals surface area contributed by atoms with E-state index >= 15 is 0 Å². The van der Waals surface area contributed by atoms with Gasteiger partial charge in [0.1, 0.15) is 5.82 Å². The van der Waals surface area contributed by atoms with Gasteiger partial charge < -0.3 is 5.73 Å². The Morgan fingerprint density at radius 3 is 2.29 bits per heavy atom. The summed E-state index contributed by atoms with van der Waals surface area (Å²) in [4.78, 5) is 0. The van der Waals surface area contributed by atoms with Crippen molar-refractivity contribution in [3.8, 4) is 11.1 Å². The van der Waals surface area contributed by atoms with Crippen molar-refractivity contribution in [2.75, 3.05) is 6.54 Å². The fraction of sp³-hybridized carbons (Fsp3) is 0.143. The molecular formula is C14H13BrFN. The van der Waals surface area contributed by atoms with E-state index in [2.05, 4.69) is 22.0 Å². The summed E-state index contributed by atoms with van der Waals surface area (Å²) in [6.45, 7) is 0.617. The van der Waals surface area contributed by atoms with Crippen molar-refractivity contribution in [2.24, 2.45) is 5.73 Å². The first kappa shape index (κ1) is 12.3. The molecule has 2 aromatic carbocycles. The van der Waals surface area contributed by atoms with Gasteiger partial charge in [0.2, 0.25) is 0 Å². The topological polar surface area (TPSA) is 26.0 Å². The van der Waals surface area contributed by atoms with Crippen molar-refractivity contribution < 1.29 is 4.39 Å². The Kier molecular flexibility index (Phi) is 3.92. The largest absolute Gasteiger partial charge is 0.330 e. The lowest BCUT2D eigenvalue weighted by atomic mass is 10.0. The molecule has 0 saturated carbocycles. The molecule has 0 saturated heterocycles. The average Bonchev–Trinajstić information content (AvgIpc) is 2.33. The molecule has 0 aliphatic carbocycles. The molecule has 2 aromatic rings. The van der Waals surface area contributed by atoms with Crippen LogP contribution in [0.5, 0.6) is 0 Å². The molecule has 0 radical (unpaired) electrons. The average molecular weight is 294 g/mol. The lowest BCUT2D eigenvalue weighted by Gasteiger charge is -2.07. The van der Waals surface area contributed by atoms with E-state index in [1.807, 2.05) is 12.1 Å². The van der Waals surface area contributed by atoms with Crippen LogP contribution in [0.4, 0.5) is 4.39 Å². The van der Waals surface area contributed by atoms with E-state index in [1.165, 1.54) is 17.7 Å². The van der Waals surface area contributed by atoms with Crippen molar-refractivity contribution >= 4 is 15.9 Å².